The van der Waals surface area contributed by atoms with Gasteiger partial charge in [0, 0.05) is 39.1 Å². The summed E-state index contributed by atoms with van der Waals surface area (Å²) in [4.78, 5) is 4.96. The molecule has 1 aromatic heterocycles. The normalized spacial score (nSPS) is 14.7. The van der Waals surface area contributed by atoms with Crippen LogP contribution in [-0.4, -0.2) is 31.2 Å². The van der Waals surface area contributed by atoms with Crippen molar-refractivity contribution in [2.24, 2.45) is 7.05 Å². The van der Waals surface area contributed by atoms with Gasteiger partial charge in [-0.2, -0.15) is 0 Å². The largest absolute Gasteiger partial charge is 0.373 e. The average Bonchev–Trinajstić information content (AvgIpc) is 3.47. The van der Waals surface area contributed by atoms with Gasteiger partial charge >= 0.3 is 0 Å². The zero-order valence-corrected chi connectivity index (χ0v) is 19.1. The molecule has 1 saturated heterocycles. The molecule has 2 aromatic rings. The van der Waals surface area contributed by atoms with Crippen LogP contribution in [0.15, 0.2) is 12.1 Å². The van der Waals surface area contributed by atoms with E-state index in [1.54, 1.807) is 11.1 Å². The van der Waals surface area contributed by atoms with Gasteiger partial charge in [-0.15, -0.1) is 0 Å². The zero-order chi connectivity index (χ0) is 20.3. The van der Waals surface area contributed by atoms with E-state index in [9.17, 15) is 0 Å². The van der Waals surface area contributed by atoms with Crippen molar-refractivity contribution in [3.63, 3.8) is 0 Å². The van der Waals surface area contributed by atoms with Crippen molar-refractivity contribution >= 4 is 22.4 Å². The second-order valence-electron chi connectivity index (χ2n) is 8.80. The minimum absolute atomic E-state index is 0.634. The Morgan fingerprint density at radius 1 is 1.04 bits per heavy atom. The van der Waals surface area contributed by atoms with Gasteiger partial charge in [-0.1, -0.05) is 53.4 Å². The van der Waals surface area contributed by atoms with Crippen molar-refractivity contribution < 1.29 is 0 Å². The molecule has 0 N–H and O–H groups in total. The molecule has 0 amide bonds. The highest BCUT2D eigenvalue weighted by atomic mass is 15.3. The number of fused-ring (bicyclic) bond motifs is 1. The van der Waals surface area contributed by atoms with Crippen LogP contribution in [-0.2, 0) is 13.5 Å². The summed E-state index contributed by atoms with van der Waals surface area (Å²) in [5.41, 5.74) is 6.01. The van der Waals surface area contributed by atoms with Crippen LogP contribution in [0.25, 0.3) is 10.9 Å². The summed E-state index contributed by atoms with van der Waals surface area (Å²) in [6, 6.07) is 5.01. The maximum atomic E-state index is 2.54. The van der Waals surface area contributed by atoms with Crippen LogP contribution in [0.5, 0.6) is 0 Å². The molecule has 1 aliphatic heterocycles. The number of benzene rings is 1. The number of aryl methyl sites for hydroxylation is 2. The molecule has 28 heavy (non-hydrogen) atoms. The van der Waals surface area contributed by atoms with Gasteiger partial charge in [0.1, 0.15) is 5.82 Å². The topological polar surface area (TPSA) is 11.2 Å². The molecule has 0 bridgehead atoms. The lowest BCUT2D eigenvalue weighted by atomic mass is 9.87. The Morgan fingerprint density at radius 3 is 2.39 bits per heavy atom. The van der Waals surface area contributed by atoms with Crippen molar-refractivity contribution in [2.45, 2.75) is 78.6 Å². The van der Waals surface area contributed by atoms with Crippen LogP contribution >= 0.6 is 0 Å². The van der Waals surface area contributed by atoms with Gasteiger partial charge in [-0.25, -0.2) is 0 Å². The third-order valence-corrected chi connectivity index (χ3v) is 6.53. The van der Waals surface area contributed by atoms with Crippen LogP contribution in [0.2, 0.25) is 0 Å². The van der Waals surface area contributed by atoms with E-state index in [1.165, 1.54) is 74.0 Å². The molecule has 3 heteroatoms. The summed E-state index contributed by atoms with van der Waals surface area (Å²) < 4.78 is 2.44. The molecule has 0 saturated carbocycles. The highest BCUT2D eigenvalue weighted by molar-refractivity contribution is 5.99. The summed E-state index contributed by atoms with van der Waals surface area (Å²) in [5, 5.41) is 1.49. The molecular formula is C25H41N3. The monoisotopic (exact) mass is 383 g/mol. The average molecular weight is 384 g/mol. The number of anilines is 2. The number of aromatic nitrogens is 1. The van der Waals surface area contributed by atoms with Crippen molar-refractivity contribution in [1.29, 1.82) is 0 Å². The number of hydrogen-bond acceptors (Lipinski definition) is 2. The van der Waals surface area contributed by atoms with Crippen LogP contribution < -0.4 is 9.80 Å². The van der Waals surface area contributed by atoms with Crippen molar-refractivity contribution in [2.75, 3.05) is 36.5 Å². The van der Waals surface area contributed by atoms with Crippen LogP contribution in [0.1, 0.15) is 83.3 Å². The van der Waals surface area contributed by atoms with Crippen molar-refractivity contribution in [3.05, 3.63) is 23.3 Å². The molecule has 2 heterocycles. The van der Waals surface area contributed by atoms with E-state index in [4.69, 9.17) is 0 Å². The summed E-state index contributed by atoms with van der Waals surface area (Å²) in [6.07, 6.45) is 9.01. The van der Waals surface area contributed by atoms with Gasteiger partial charge in [0.05, 0.1) is 11.2 Å². The fourth-order valence-electron chi connectivity index (χ4n) is 4.78. The Bertz CT molecular complexity index is 785. The van der Waals surface area contributed by atoms with E-state index in [0.717, 1.165) is 13.0 Å². The number of unbranched alkanes of at least 4 members (excludes halogenated alkanes) is 3. The van der Waals surface area contributed by atoms with Gasteiger partial charge in [0.25, 0.3) is 0 Å². The first-order valence-electron chi connectivity index (χ1n) is 11.6. The van der Waals surface area contributed by atoms with E-state index in [2.05, 4.69) is 68.3 Å². The van der Waals surface area contributed by atoms with E-state index in [-0.39, 0.29) is 0 Å². The van der Waals surface area contributed by atoms with Gasteiger partial charge in [0.2, 0.25) is 0 Å². The molecule has 3 rings (SSSR count). The Kier molecular flexibility index (Phi) is 6.95. The molecule has 1 aromatic carbocycles. The number of rotatable bonds is 11. The molecule has 1 fully saturated rings. The first-order chi connectivity index (χ1) is 13.5. The van der Waals surface area contributed by atoms with Crippen molar-refractivity contribution in [1.82, 2.24) is 4.57 Å². The van der Waals surface area contributed by atoms with E-state index >= 15 is 0 Å². The molecular weight excluding hydrogens is 342 g/mol. The van der Waals surface area contributed by atoms with Crippen LogP contribution in [0, 0.1) is 0 Å². The van der Waals surface area contributed by atoms with Gasteiger partial charge in [0.15, 0.2) is 0 Å². The predicted octanol–water partition coefficient (Wildman–Crippen LogP) is 6.48. The fraction of sp³-hybridized carbons (Fsp3) is 0.680. The summed E-state index contributed by atoms with van der Waals surface area (Å²) >= 11 is 0. The quantitative estimate of drug-likeness (QED) is 0.325. The third-order valence-electron chi connectivity index (χ3n) is 6.53. The zero-order valence-electron chi connectivity index (χ0n) is 19.1. The standard InChI is InChI=1S/C25H41N3/c1-7-10-11-12-13-19(4)21-17-23(26(5)14-8-2)25-22(20(21)9-3)18-24(27(25)6)28-15-16-28/h17-19H,7-16H2,1-6H3. The molecule has 1 unspecified atom stereocenters. The maximum Gasteiger partial charge on any atom is 0.109 e. The highest BCUT2D eigenvalue weighted by Crippen LogP contribution is 2.41. The Labute approximate surface area is 172 Å². The highest BCUT2D eigenvalue weighted by Gasteiger charge is 2.26. The van der Waals surface area contributed by atoms with E-state index in [0.29, 0.717) is 5.92 Å². The molecule has 3 nitrogen and oxygen atoms in total. The molecule has 0 radical (unpaired) electrons. The summed E-state index contributed by atoms with van der Waals surface area (Å²) in [5.74, 6) is 2.03. The molecule has 1 atom stereocenters. The molecule has 1 aliphatic rings. The summed E-state index contributed by atoms with van der Waals surface area (Å²) in [6.45, 7) is 12.9. The lowest BCUT2D eigenvalue weighted by molar-refractivity contribution is 0.578. The van der Waals surface area contributed by atoms with E-state index < -0.39 is 0 Å². The first kappa shape index (κ1) is 21.1. The third kappa shape index (κ3) is 4.18. The Balaban J connectivity index is 2.07. The molecule has 156 valence electrons. The predicted molar refractivity (Wildman–Crippen MR) is 125 cm³/mol. The second-order valence-corrected chi connectivity index (χ2v) is 8.80. The van der Waals surface area contributed by atoms with Crippen molar-refractivity contribution in [3.8, 4) is 0 Å². The lowest BCUT2D eigenvalue weighted by Crippen LogP contribution is -2.19. The minimum atomic E-state index is 0.634. The molecule has 0 aliphatic carbocycles. The van der Waals surface area contributed by atoms with Crippen LogP contribution in [0.4, 0.5) is 11.5 Å². The SMILES string of the molecule is CCCCCCC(C)c1cc(N(C)CCC)c2c(cc(N3CC3)n2C)c1CC. The smallest absolute Gasteiger partial charge is 0.109 e. The fourth-order valence-corrected chi connectivity index (χ4v) is 4.78. The first-order valence-corrected chi connectivity index (χ1v) is 11.6. The Hall–Kier alpha value is -1.64. The van der Waals surface area contributed by atoms with E-state index in [1.807, 2.05) is 0 Å². The van der Waals surface area contributed by atoms with Gasteiger partial charge < -0.3 is 14.4 Å². The van der Waals surface area contributed by atoms with Crippen LogP contribution in [0.3, 0.4) is 0 Å². The summed E-state index contributed by atoms with van der Waals surface area (Å²) in [7, 11) is 4.52. The minimum Gasteiger partial charge on any atom is -0.373 e. The Morgan fingerprint density at radius 2 is 1.79 bits per heavy atom. The van der Waals surface area contributed by atoms with Gasteiger partial charge in [-0.3, -0.25) is 0 Å². The number of hydrogen-bond donors (Lipinski definition) is 0. The maximum absolute atomic E-state index is 2.54. The second kappa shape index (κ2) is 9.24. The lowest BCUT2D eigenvalue weighted by Gasteiger charge is -2.25. The molecule has 0 spiro atoms. The van der Waals surface area contributed by atoms with Gasteiger partial charge in [-0.05, 0) is 48.4 Å². The number of nitrogens with zero attached hydrogens (tertiary/aromatic N) is 3.